The maximum Gasteiger partial charge on any atom is 0.188 e. The average molecular weight is 169 g/mol. The quantitative estimate of drug-likeness (QED) is 0.581. The van der Waals surface area contributed by atoms with Gasteiger partial charge in [0, 0.05) is 24.4 Å². The number of aryl methyl sites for hydroxylation is 2. The van der Waals surface area contributed by atoms with Crippen molar-refractivity contribution in [2.24, 2.45) is 7.05 Å². The van der Waals surface area contributed by atoms with Crippen LogP contribution in [-0.4, -0.2) is 4.57 Å². The van der Waals surface area contributed by atoms with Crippen LogP contribution in [0.5, 0.6) is 0 Å². The minimum Gasteiger partial charge on any atom is -0.345 e. The van der Waals surface area contributed by atoms with Crippen molar-refractivity contribution >= 4 is 12.6 Å². The highest BCUT2D eigenvalue weighted by Crippen LogP contribution is 2.07. The van der Waals surface area contributed by atoms with Crippen LogP contribution < -0.4 is 5.43 Å². The van der Waals surface area contributed by atoms with E-state index in [-0.39, 0.29) is 5.43 Å². The molecule has 0 aliphatic heterocycles. The maximum atomic E-state index is 11.3. The van der Waals surface area contributed by atoms with Crippen molar-refractivity contribution in [1.82, 2.24) is 4.57 Å². The molecule has 0 radical (unpaired) electrons. The lowest BCUT2D eigenvalue weighted by Gasteiger charge is -2.06. The molecule has 60 valence electrons. The molecule has 0 fully saturated rings. The van der Waals surface area contributed by atoms with Gasteiger partial charge in [0.05, 0.1) is 5.03 Å². The van der Waals surface area contributed by atoms with Crippen LogP contribution in [0.2, 0.25) is 0 Å². The summed E-state index contributed by atoms with van der Waals surface area (Å²) in [6, 6.07) is 0. The zero-order valence-electron chi connectivity index (χ0n) is 6.88. The Morgan fingerprint density at radius 3 is 2.55 bits per heavy atom. The van der Waals surface area contributed by atoms with Crippen molar-refractivity contribution in [2.45, 2.75) is 18.9 Å². The van der Waals surface area contributed by atoms with Crippen LogP contribution in [0.1, 0.15) is 11.1 Å². The van der Waals surface area contributed by atoms with Crippen molar-refractivity contribution in [3.63, 3.8) is 0 Å². The SMILES string of the molecule is Cc1cn(C)c(S)c(C)c1=O. The summed E-state index contributed by atoms with van der Waals surface area (Å²) < 4.78 is 1.84. The van der Waals surface area contributed by atoms with Crippen molar-refractivity contribution in [1.29, 1.82) is 0 Å². The second kappa shape index (κ2) is 2.74. The minimum atomic E-state index is 0.0908. The number of thiol groups is 1. The Kier molecular flexibility index (Phi) is 2.09. The summed E-state index contributed by atoms with van der Waals surface area (Å²) in [5.41, 5.74) is 1.58. The molecule has 0 aliphatic carbocycles. The van der Waals surface area contributed by atoms with Crippen LogP contribution in [0.3, 0.4) is 0 Å². The lowest BCUT2D eigenvalue weighted by atomic mass is 10.2. The van der Waals surface area contributed by atoms with E-state index in [1.165, 1.54) is 0 Å². The van der Waals surface area contributed by atoms with Gasteiger partial charge in [-0.3, -0.25) is 4.79 Å². The summed E-state index contributed by atoms with van der Waals surface area (Å²) >= 11 is 4.19. The first-order valence-electron chi connectivity index (χ1n) is 3.40. The number of pyridine rings is 1. The van der Waals surface area contributed by atoms with Crippen LogP contribution in [0.4, 0.5) is 0 Å². The van der Waals surface area contributed by atoms with Gasteiger partial charge in [-0.2, -0.15) is 0 Å². The Morgan fingerprint density at radius 2 is 2.00 bits per heavy atom. The second-order valence-electron chi connectivity index (χ2n) is 2.70. The molecule has 0 atom stereocenters. The van der Waals surface area contributed by atoms with Gasteiger partial charge in [-0.15, -0.1) is 12.6 Å². The molecule has 0 saturated heterocycles. The lowest BCUT2D eigenvalue weighted by molar-refractivity contribution is 0.776. The number of aromatic nitrogens is 1. The van der Waals surface area contributed by atoms with Gasteiger partial charge in [0.2, 0.25) is 0 Å². The van der Waals surface area contributed by atoms with Crippen LogP contribution in [-0.2, 0) is 7.05 Å². The number of rotatable bonds is 0. The Labute approximate surface area is 71.3 Å². The van der Waals surface area contributed by atoms with Gasteiger partial charge in [-0.05, 0) is 13.8 Å². The van der Waals surface area contributed by atoms with E-state index in [4.69, 9.17) is 0 Å². The molecule has 1 rings (SSSR count). The van der Waals surface area contributed by atoms with Crippen LogP contribution in [0, 0.1) is 13.8 Å². The van der Waals surface area contributed by atoms with Crippen molar-refractivity contribution in [2.75, 3.05) is 0 Å². The van der Waals surface area contributed by atoms with Gasteiger partial charge in [0.1, 0.15) is 0 Å². The highest BCUT2D eigenvalue weighted by atomic mass is 32.1. The molecule has 0 unspecified atom stereocenters. The molecule has 1 aromatic rings. The monoisotopic (exact) mass is 169 g/mol. The molecule has 11 heavy (non-hydrogen) atoms. The Balaban J connectivity index is 3.59. The molecule has 0 bridgehead atoms. The number of hydrogen-bond acceptors (Lipinski definition) is 2. The summed E-state index contributed by atoms with van der Waals surface area (Å²) in [5, 5.41) is 0.737. The van der Waals surface area contributed by atoms with E-state index >= 15 is 0 Å². The molecule has 1 heterocycles. The highest BCUT2D eigenvalue weighted by molar-refractivity contribution is 7.80. The van der Waals surface area contributed by atoms with Gasteiger partial charge >= 0.3 is 0 Å². The van der Waals surface area contributed by atoms with E-state index in [9.17, 15) is 4.79 Å². The zero-order valence-corrected chi connectivity index (χ0v) is 7.77. The smallest absolute Gasteiger partial charge is 0.188 e. The minimum absolute atomic E-state index is 0.0908. The summed E-state index contributed by atoms with van der Waals surface area (Å²) in [4.78, 5) is 11.3. The van der Waals surface area contributed by atoms with Crippen LogP contribution in [0.15, 0.2) is 16.0 Å². The van der Waals surface area contributed by atoms with Gasteiger partial charge in [-0.25, -0.2) is 0 Å². The van der Waals surface area contributed by atoms with E-state index < -0.39 is 0 Å². The maximum absolute atomic E-state index is 11.3. The molecule has 0 N–H and O–H groups in total. The third kappa shape index (κ3) is 1.33. The molecule has 0 aliphatic rings. The third-order valence-electron chi connectivity index (χ3n) is 1.76. The first-order valence-corrected chi connectivity index (χ1v) is 3.84. The molecule has 0 spiro atoms. The molecule has 1 aromatic heterocycles. The number of hydrogen-bond donors (Lipinski definition) is 1. The lowest BCUT2D eigenvalue weighted by Crippen LogP contribution is -2.13. The molecule has 0 aromatic carbocycles. The normalized spacial score (nSPS) is 10.2. The fraction of sp³-hybridized carbons (Fsp3) is 0.375. The van der Waals surface area contributed by atoms with Gasteiger partial charge in [-0.1, -0.05) is 0 Å². The largest absolute Gasteiger partial charge is 0.345 e. The van der Waals surface area contributed by atoms with Crippen LogP contribution in [0.25, 0.3) is 0 Å². The standard InChI is InChI=1S/C8H11NOS/c1-5-4-9(3)8(11)6(2)7(5)10/h4,11H,1-3H3. The number of nitrogens with zero attached hydrogens (tertiary/aromatic N) is 1. The fourth-order valence-corrected chi connectivity index (χ4v) is 1.23. The first-order chi connectivity index (χ1) is 5.04. The highest BCUT2D eigenvalue weighted by Gasteiger charge is 2.03. The molecule has 0 saturated carbocycles. The second-order valence-corrected chi connectivity index (χ2v) is 3.12. The van der Waals surface area contributed by atoms with Gasteiger partial charge < -0.3 is 4.57 Å². The predicted molar refractivity (Wildman–Crippen MR) is 48.4 cm³/mol. The fourth-order valence-electron chi connectivity index (χ4n) is 1.07. The molecule has 3 heteroatoms. The van der Waals surface area contributed by atoms with Crippen molar-refractivity contribution in [3.05, 3.63) is 27.5 Å². The molecular weight excluding hydrogens is 158 g/mol. The molecular formula is C8H11NOS. The van der Waals surface area contributed by atoms with E-state index in [0.29, 0.717) is 0 Å². The van der Waals surface area contributed by atoms with Gasteiger partial charge in [0.15, 0.2) is 5.43 Å². The topological polar surface area (TPSA) is 22.0 Å². The molecule has 2 nitrogen and oxygen atoms in total. The van der Waals surface area contributed by atoms with E-state index in [1.54, 1.807) is 13.1 Å². The summed E-state index contributed by atoms with van der Waals surface area (Å²) in [6.07, 6.45) is 1.79. The Morgan fingerprint density at radius 1 is 1.45 bits per heavy atom. The summed E-state index contributed by atoms with van der Waals surface area (Å²) in [5.74, 6) is 0. The third-order valence-corrected chi connectivity index (χ3v) is 2.41. The van der Waals surface area contributed by atoms with Crippen molar-refractivity contribution < 1.29 is 0 Å². The average Bonchev–Trinajstić information content (AvgIpc) is 1.97. The molecule has 0 amide bonds. The van der Waals surface area contributed by atoms with E-state index in [1.807, 2.05) is 18.5 Å². The Bertz CT molecular complexity index is 341. The predicted octanol–water partition coefficient (Wildman–Crippen LogP) is 1.29. The van der Waals surface area contributed by atoms with E-state index in [0.717, 1.165) is 16.2 Å². The summed E-state index contributed by atoms with van der Waals surface area (Å²) in [6.45, 7) is 3.60. The zero-order chi connectivity index (χ0) is 8.59. The van der Waals surface area contributed by atoms with Crippen LogP contribution >= 0.6 is 12.6 Å². The van der Waals surface area contributed by atoms with E-state index in [2.05, 4.69) is 12.6 Å². The van der Waals surface area contributed by atoms with Crippen molar-refractivity contribution in [3.8, 4) is 0 Å². The summed E-state index contributed by atoms with van der Waals surface area (Å²) in [7, 11) is 1.88. The Hall–Kier alpha value is -0.700. The van der Waals surface area contributed by atoms with Gasteiger partial charge in [0.25, 0.3) is 0 Å². The first kappa shape index (κ1) is 8.40.